The molecule has 0 atom stereocenters. The van der Waals surface area contributed by atoms with Gasteiger partial charge in [-0.2, -0.15) is 0 Å². The number of amides is 1. The van der Waals surface area contributed by atoms with Crippen LogP contribution in [0.3, 0.4) is 0 Å². The molecule has 0 aliphatic rings. The predicted octanol–water partition coefficient (Wildman–Crippen LogP) is -0.626. The summed E-state index contributed by atoms with van der Waals surface area (Å²) in [5.41, 5.74) is 0. The van der Waals surface area contributed by atoms with Gasteiger partial charge in [-0.3, -0.25) is 19.3 Å². The van der Waals surface area contributed by atoms with Crippen LogP contribution in [0.1, 0.15) is 19.8 Å². The molecule has 98 valence electrons. The molecular weight excluding hydrogens is 228 g/mol. The molecule has 7 nitrogen and oxygen atoms in total. The second-order valence-corrected chi connectivity index (χ2v) is 3.64. The first-order valence-electron chi connectivity index (χ1n) is 5.38. The molecule has 0 unspecified atom stereocenters. The molecular formula is C10H18N2O5. The molecule has 0 rings (SSSR count). The van der Waals surface area contributed by atoms with Crippen LogP contribution >= 0.6 is 0 Å². The van der Waals surface area contributed by atoms with E-state index in [0.717, 1.165) is 17.7 Å². The minimum atomic E-state index is -1.16. The van der Waals surface area contributed by atoms with Gasteiger partial charge in [-0.15, -0.1) is 0 Å². The molecule has 3 N–H and O–H groups in total. The number of carboxylic acid groups (broad SMARTS) is 2. The Bertz CT molecular complexity index is 264. The molecule has 0 aromatic carbocycles. The lowest BCUT2D eigenvalue weighted by Gasteiger charge is -2.17. The normalized spacial score (nSPS) is 10.2. The Morgan fingerprint density at radius 2 is 1.59 bits per heavy atom. The van der Waals surface area contributed by atoms with Crippen molar-refractivity contribution in [2.24, 2.45) is 0 Å². The van der Waals surface area contributed by atoms with Gasteiger partial charge in [-0.25, -0.2) is 0 Å². The second kappa shape index (κ2) is 8.51. The smallest absolute Gasteiger partial charge is 0.317 e. The number of nitrogens with one attached hydrogen (secondary N) is 1. The molecule has 7 heteroatoms. The minimum absolute atomic E-state index is 0.220. The molecule has 0 aromatic rings. The van der Waals surface area contributed by atoms with Crippen molar-refractivity contribution in [3.05, 3.63) is 0 Å². The van der Waals surface area contributed by atoms with E-state index in [1.54, 1.807) is 0 Å². The van der Waals surface area contributed by atoms with Crippen LogP contribution in [0.2, 0.25) is 0 Å². The average molecular weight is 246 g/mol. The molecule has 0 bridgehead atoms. The lowest BCUT2D eigenvalue weighted by molar-refractivity contribution is -0.142. The summed E-state index contributed by atoms with van der Waals surface area (Å²) in [5.74, 6) is -2.68. The van der Waals surface area contributed by atoms with Gasteiger partial charge in [0.1, 0.15) is 0 Å². The maximum atomic E-state index is 11.4. The molecule has 0 saturated heterocycles. The predicted molar refractivity (Wildman–Crippen MR) is 59.6 cm³/mol. The monoisotopic (exact) mass is 246 g/mol. The first kappa shape index (κ1) is 15.4. The van der Waals surface area contributed by atoms with Crippen molar-refractivity contribution in [3.8, 4) is 0 Å². The number of rotatable bonds is 9. The van der Waals surface area contributed by atoms with Crippen molar-refractivity contribution < 1.29 is 24.6 Å². The molecule has 0 spiro atoms. The number of hydrogen-bond donors (Lipinski definition) is 3. The Labute approximate surface area is 99.4 Å². The van der Waals surface area contributed by atoms with E-state index in [2.05, 4.69) is 5.32 Å². The zero-order chi connectivity index (χ0) is 13.3. The quantitative estimate of drug-likeness (QED) is 0.468. The van der Waals surface area contributed by atoms with Gasteiger partial charge in [0.2, 0.25) is 5.91 Å². The van der Waals surface area contributed by atoms with Crippen molar-refractivity contribution in [2.45, 2.75) is 19.8 Å². The first-order valence-corrected chi connectivity index (χ1v) is 5.38. The van der Waals surface area contributed by atoms with Crippen molar-refractivity contribution in [3.63, 3.8) is 0 Å². The lowest BCUT2D eigenvalue weighted by atomic mass is 10.3. The standard InChI is InChI=1S/C10H18N2O5/c1-2-3-4-11-8(13)5-12(6-9(14)15)7-10(16)17/h2-7H2,1H3,(H,11,13)(H,14,15)(H,16,17). The summed E-state index contributed by atoms with van der Waals surface area (Å²) < 4.78 is 0. The van der Waals surface area contributed by atoms with Gasteiger partial charge in [0.05, 0.1) is 19.6 Å². The van der Waals surface area contributed by atoms with Crippen molar-refractivity contribution in [1.29, 1.82) is 0 Å². The van der Waals surface area contributed by atoms with E-state index in [-0.39, 0.29) is 12.5 Å². The molecule has 0 aliphatic heterocycles. The van der Waals surface area contributed by atoms with Gasteiger partial charge in [0.15, 0.2) is 0 Å². The molecule has 0 saturated carbocycles. The Kier molecular flexibility index (Phi) is 7.70. The molecule has 0 heterocycles. The summed E-state index contributed by atoms with van der Waals surface area (Å²) in [6.07, 6.45) is 1.78. The third-order valence-electron chi connectivity index (χ3n) is 1.94. The fourth-order valence-corrected chi connectivity index (χ4v) is 1.21. The van der Waals surface area contributed by atoms with Crippen molar-refractivity contribution in [2.75, 3.05) is 26.2 Å². The van der Waals surface area contributed by atoms with Crippen LogP contribution in [0, 0.1) is 0 Å². The number of nitrogens with zero attached hydrogens (tertiary/aromatic N) is 1. The van der Waals surface area contributed by atoms with Gasteiger partial charge in [0, 0.05) is 6.54 Å². The highest BCUT2D eigenvalue weighted by molar-refractivity contribution is 5.80. The summed E-state index contributed by atoms with van der Waals surface area (Å²) in [6, 6.07) is 0. The van der Waals surface area contributed by atoms with E-state index in [1.807, 2.05) is 6.92 Å². The zero-order valence-electron chi connectivity index (χ0n) is 9.81. The van der Waals surface area contributed by atoms with Gasteiger partial charge < -0.3 is 15.5 Å². The molecule has 1 amide bonds. The molecule has 0 aliphatic carbocycles. The highest BCUT2D eigenvalue weighted by atomic mass is 16.4. The van der Waals surface area contributed by atoms with E-state index in [1.165, 1.54) is 0 Å². The van der Waals surface area contributed by atoms with Crippen LogP contribution in [-0.4, -0.2) is 59.1 Å². The summed E-state index contributed by atoms with van der Waals surface area (Å²) in [6.45, 7) is 1.35. The summed E-state index contributed by atoms with van der Waals surface area (Å²) in [7, 11) is 0. The summed E-state index contributed by atoms with van der Waals surface area (Å²) in [4.78, 5) is 33.3. The van der Waals surface area contributed by atoms with E-state index >= 15 is 0 Å². The molecule has 0 radical (unpaired) electrons. The van der Waals surface area contributed by atoms with Crippen LogP contribution in [-0.2, 0) is 14.4 Å². The molecule has 0 aromatic heterocycles. The second-order valence-electron chi connectivity index (χ2n) is 3.64. The number of carbonyl (C=O) groups excluding carboxylic acids is 1. The third kappa shape index (κ3) is 9.31. The van der Waals surface area contributed by atoms with Crippen LogP contribution in [0.5, 0.6) is 0 Å². The number of aliphatic carboxylic acids is 2. The number of unbranched alkanes of at least 4 members (excludes halogenated alkanes) is 1. The van der Waals surface area contributed by atoms with Crippen molar-refractivity contribution in [1.82, 2.24) is 10.2 Å². The first-order chi connectivity index (χ1) is 7.95. The Balaban J connectivity index is 4.07. The number of hydrogen-bond acceptors (Lipinski definition) is 4. The summed E-state index contributed by atoms with van der Waals surface area (Å²) in [5, 5.41) is 19.7. The highest BCUT2D eigenvalue weighted by Gasteiger charge is 2.16. The SMILES string of the molecule is CCCCNC(=O)CN(CC(=O)O)CC(=O)O. The van der Waals surface area contributed by atoms with Crippen LogP contribution in [0.4, 0.5) is 0 Å². The maximum Gasteiger partial charge on any atom is 0.317 e. The number of carbonyl (C=O) groups is 3. The fourth-order valence-electron chi connectivity index (χ4n) is 1.21. The van der Waals surface area contributed by atoms with Gasteiger partial charge in [-0.1, -0.05) is 13.3 Å². The summed E-state index contributed by atoms with van der Waals surface area (Å²) >= 11 is 0. The fraction of sp³-hybridized carbons (Fsp3) is 0.700. The largest absolute Gasteiger partial charge is 0.480 e. The average Bonchev–Trinajstić information content (AvgIpc) is 2.15. The highest BCUT2D eigenvalue weighted by Crippen LogP contribution is 1.89. The Morgan fingerprint density at radius 1 is 1.06 bits per heavy atom. The van der Waals surface area contributed by atoms with Crippen LogP contribution < -0.4 is 5.32 Å². The van der Waals surface area contributed by atoms with Crippen molar-refractivity contribution >= 4 is 17.8 Å². The van der Waals surface area contributed by atoms with E-state index in [4.69, 9.17) is 10.2 Å². The van der Waals surface area contributed by atoms with Crippen LogP contribution in [0.25, 0.3) is 0 Å². The van der Waals surface area contributed by atoms with Gasteiger partial charge >= 0.3 is 11.9 Å². The Hall–Kier alpha value is -1.63. The van der Waals surface area contributed by atoms with E-state index in [9.17, 15) is 14.4 Å². The molecule has 0 fully saturated rings. The number of carboxylic acids is 2. The third-order valence-corrected chi connectivity index (χ3v) is 1.94. The minimum Gasteiger partial charge on any atom is -0.480 e. The van der Waals surface area contributed by atoms with E-state index in [0.29, 0.717) is 6.54 Å². The lowest BCUT2D eigenvalue weighted by Crippen LogP contribution is -2.42. The maximum absolute atomic E-state index is 11.4. The molecule has 17 heavy (non-hydrogen) atoms. The Morgan fingerprint density at radius 3 is 2.00 bits per heavy atom. The van der Waals surface area contributed by atoms with E-state index < -0.39 is 25.0 Å². The topological polar surface area (TPSA) is 107 Å². The van der Waals surface area contributed by atoms with Gasteiger partial charge in [-0.05, 0) is 6.42 Å². The zero-order valence-corrected chi connectivity index (χ0v) is 9.81. The van der Waals surface area contributed by atoms with Crippen LogP contribution in [0.15, 0.2) is 0 Å². The van der Waals surface area contributed by atoms with Gasteiger partial charge in [0.25, 0.3) is 0 Å².